The van der Waals surface area contributed by atoms with Gasteiger partial charge >= 0.3 is 6.09 Å². The molecule has 0 radical (unpaired) electrons. The summed E-state index contributed by atoms with van der Waals surface area (Å²) in [5.41, 5.74) is 1.53. The van der Waals surface area contributed by atoms with Crippen LogP contribution >= 0.6 is 11.6 Å². The number of pyridine rings is 1. The van der Waals surface area contributed by atoms with Crippen molar-refractivity contribution in [2.45, 2.75) is 24.5 Å². The number of hydrogen-bond donors (Lipinski definition) is 2. The molecule has 1 unspecified atom stereocenters. The van der Waals surface area contributed by atoms with Crippen LogP contribution in [0.15, 0.2) is 85.6 Å². The van der Waals surface area contributed by atoms with Gasteiger partial charge in [-0.05, 0) is 35.9 Å². The van der Waals surface area contributed by atoms with E-state index in [1.807, 2.05) is 30.3 Å². The van der Waals surface area contributed by atoms with Gasteiger partial charge in [-0.3, -0.25) is 19.5 Å². The van der Waals surface area contributed by atoms with Crippen LogP contribution in [0.3, 0.4) is 0 Å². The van der Waals surface area contributed by atoms with Crippen molar-refractivity contribution in [1.82, 2.24) is 24.8 Å². The smallest absolute Gasteiger partial charge is 0.412 e. The fourth-order valence-corrected chi connectivity index (χ4v) is 5.40. The monoisotopic (exact) mass is 556 g/mol. The molecule has 2 aromatic carbocycles. The molecule has 40 heavy (non-hydrogen) atoms. The number of nitrogens with one attached hydrogen (secondary N) is 2. The highest BCUT2D eigenvalue weighted by Gasteiger charge is 2.49. The molecule has 0 saturated carbocycles. The Morgan fingerprint density at radius 3 is 2.75 bits per heavy atom. The van der Waals surface area contributed by atoms with Gasteiger partial charge in [-0.1, -0.05) is 41.9 Å². The van der Waals surface area contributed by atoms with Gasteiger partial charge in [0.15, 0.2) is 5.60 Å². The van der Waals surface area contributed by atoms with Gasteiger partial charge < -0.3 is 15.0 Å². The number of halogens is 1. The Labute approximate surface area is 234 Å². The maximum absolute atomic E-state index is 13.9. The minimum absolute atomic E-state index is 0.148. The Kier molecular flexibility index (Phi) is 6.69. The predicted octanol–water partition coefficient (Wildman–Crippen LogP) is 3.95. The molecule has 6 rings (SSSR count). The number of fused-ring (bicyclic) bond motifs is 2. The van der Waals surface area contributed by atoms with Gasteiger partial charge in [-0.25, -0.2) is 14.8 Å². The first-order chi connectivity index (χ1) is 19.4. The van der Waals surface area contributed by atoms with Gasteiger partial charge in [0, 0.05) is 48.6 Å². The first-order valence-corrected chi connectivity index (χ1v) is 13.2. The number of rotatable bonds is 6. The molecule has 0 aliphatic carbocycles. The summed E-state index contributed by atoms with van der Waals surface area (Å²) in [6.45, 7) is 0.495. The average molecular weight is 557 g/mol. The fraction of sp³-hybridized carbons (Fsp3) is 0.207. The SMILES string of the molecule is O=C1Nc2ccc(Cl)cc2C2(CCN(C(=O)[C@H](Cc3ccccc3)NC(=O)c3ccc(-n4ccnc4)nc3)C2)O1. The normalized spacial score (nSPS) is 18.5. The Hall–Kier alpha value is -4.70. The van der Waals surface area contributed by atoms with E-state index in [-0.39, 0.29) is 12.5 Å². The van der Waals surface area contributed by atoms with Gasteiger partial charge in [-0.2, -0.15) is 0 Å². The molecule has 4 aromatic rings. The zero-order valence-corrected chi connectivity index (χ0v) is 22.0. The topological polar surface area (TPSA) is 118 Å². The number of hydrogen-bond acceptors (Lipinski definition) is 6. The number of amides is 3. The lowest BCUT2D eigenvalue weighted by molar-refractivity contribution is -0.133. The van der Waals surface area contributed by atoms with Crippen LogP contribution in [0.25, 0.3) is 5.82 Å². The lowest BCUT2D eigenvalue weighted by Crippen LogP contribution is -2.50. The van der Waals surface area contributed by atoms with E-state index < -0.39 is 23.6 Å². The summed E-state index contributed by atoms with van der Waals surface area (Å²) < 4.78 is 7.51. The number of nitrogens with zero attached hydrogens (tertiary/aromatic N) is 4. The number of benzene rings is 2. The fourth-order valence-electron chi connectivity index (χ4n) is 5.22. The highest BCUT2D eigenvalue weighted by Crippen LogP contribution is 2.43. The van der Waals surface area contributed by atoms with Gasteiger partial charge in [0.05, 0.1) is 17.8 Å². The van der Waals surface area contributed by atoms with E-state index in [1.54, 1.807) is 58.5 Å². The highest BCUT2D eigenvalue weighted by atomic mass is 35.5. The summed E-state index contributed by atoms with van der Waals surface area (Å²) >= 11 is 6.26. The number of carbonyl (C=O) groups excluding carboxylic acids is 3. The van der Waals surface area contributed by atoms with Crippen LogP contribution in [0.2, 0.25) is 5.02 Å². The van der Waals surface area contributed by atoms with E-state index in [9.17, 15) is 14.4 Å². The molecule has 1 spiro atoms. The Bertz CT molecular complexity index is 1560. The van der Waals surface area contributed by atoms with E-state index in [4.69, 9.17) is 16.3 Å². The van der Waals surface area contributed by atoms with Crippen LogP contribution in [0.1, 0.15) is 27.9 Å². The second-order valence-electron chi connectivity index (χ2n) is 9.80. The second-order valence-corrected chi connectivity index (χ2v) is 10.2. The minimum atomic E-state index is -1.02. The molecule has 202 valence electrons. The second kappa shape index (κ2) is 10.5. The van der Waals surface area contributed by atoms with Crippen molar-refractivity contribution in [3.8, 4) is 5.82 Å². The van der Waals surface area contributed by atoms with Crippen molar-refractivity contribution in [3.63, 3.8) is 0 Å². The molecule has 2 aromatic heterocycles. The number of anilines is 1. The summed E-state index contributed by atoms with van der Waals surface area (Å²) in [6.07, 6.45) is 6.60. The highest BCUT2D eigenvalue weighted by molar-refractivity contribution is 6.30. The summed E-state index contributed by atoms with van der Waals surface area (Å²) in [4.78, 5) is 49.6. The van der Waals surface area contributed by atoms with Gasteiger partial charge in [0.2, 0.25) is 5.91 Å². The maximum atomic E-state index is 13.9. The van der Waals surface area contributed by atoms with Crippen molar-refractivity contribution in [2.75, 3.05) is 18.4 Å². The van der Waals surface area contributed by atoms with Crippen molar-refractivity contribution in [2.24, 2.45) is 0 Å². The third kappa shape index (κ3) is 5.01. The molecule has 11 heteroatoms. The van der Waals surface area contributed by atoms with E-state index in [0.29, 0.717) is 41.5 Å². The van der Waals surface area contributed by atoms with Gasteiger partial charge in [0.25, 0.3) is 5.91 Å². The quantitative estimate of drug-likeness (QED) is 0.371. The van der Waals surface area contributed by atoms with E-state index in [0.717, 1.165) is 11.1 Å². The van der Waals surface area contributed by atoms with Crippen molar-refractivity contribution in [1.29, 1.82) is 0 Å². The van der Waals surface area contributed by atoms with Crippen LogP contribution in [0.4, 0.5) is 10.5 Å². The molecular formula is C29H25ClN6O4. The van der Waals surface area contributed by atoms with Crippen LogP contribution in [0, 0.1) is 0 Å². The van der Waals surface area contributed by atoms with E-state index >= 15 is 0 Å². The number of ether oxygens (including phenoxy) is 1. The van der Waals surface area contributed by atoms with Gasteiger partial charge in [0.1, 0.15) is 18.2 Å². The van der Waals surface area contributed by atoms with Crippen LogP contribution in [-0.4, -0.2) is 56.5 Å². The van der Waals surface area contributed by atoms with E-state index in [1.165, 1.54) is 6.20 Å². The summed E-state index contributed by atoms with van der Waals surface area (Å²) in [6, 6.07) is 17.2. The predicted molar refractivity (Wildman–Crippen MR) is 147 cm³/mol. The zero-order chi connectivity index (χ0) is 27.7. The molecule has 2 atom stereocenters. The van der Waals surface area contributed by atoms with Crippen molar-refractivity contribution in [3.05, 3.63) is 107 Å². The molecule has 2 N–H and O–H groups in total. The van der Waals surface area contributed by atoms with E-state index in [2.05, 4.69) is 20.6 Å². The minimum Gasteiger partial charge on any atom is -0.436 e. The summed E-state index contributed by atoms with van der Waals surface area (Å²) in [5, 5.41) is 6.12. The molecule has 10 nitrogen and oxygen atoms in total. The van der Waals surface area contributed by atoms with Gasteiger partial charge in [-0.15, -0.1) is 0 Å². The Morgan fingerprint density at radius 2 is 2.00 bits per heavy atom. The van der Waals surface area contributed by atoms with Crippen LogP contribution in [0.5, 0.6) is 0 Å². The van der Waals surface area contributed by atoms with Crippen molar-refractivity contribution < 1.29 is 19.1 Å². The molecule has 2 aliphatic rings. The molecule has 2 aliphatic heterocycles. The molecule has 1 saturated heterocycles. The van der Waals surface area contributed by atoms with Crippen molar-refractivity contribution >= 4 is 35.2 Å². The number of imidazole rings is 1. The standard InChI is InChI=1S/C29H25ClN6O4/c30-21-7-8-23-22(15-21)29(40-28(39)34-23)10-12-35(17-29)27(38)24(14-19-4-2-1-3-5-19)33-26(37)20-6-9-25(32-16-20)36-13-11-31-18-36/h1-9,11,13,15-16,18,24H,10,12,14,17H2,(H,33,37)(H,34,39)/t24-,29?/m0/s1. The molecular weight excluding hydrogens is 532 g/mol. The third-order valence-corrected chi connectivity index (χ3v) is 7.44. The molecule has 4 heterocycles. The lowest BCUT2D eigenvalue weighted by Gasteiger charge is -2.35. The Balaban J connectivity index is 1.24. The third-order valence-electron chi connectivity index (χ3n) is 7.21. The maximum Gasteiger partial charge on any atom is 0.412 e. The summed E-state index contributed by atoms with van der Waals surface area (Å²) in [7, 11) is 0. The van der Waals surface area contributed by atoms with Crippen LogP contribution < -0.4 is 10.6 Å². The molecule has 0 bridgehead atoms. The number of likely N-dealkylation sites (tertiary alicyclic amines) is 1. The Morgan fingerprint density at radius 1 is 1.15 bits per heavy atom. The summed E-state index contributed by atoms with van der Waals surface area (Å²) in [5.74, 6) is -0.0706. The first kappa shape index (κ1) is 25.6. The first-order valence-electron chi connectivity index (χ1n) is 12.8. The molecule has 3 amide bonds. The lowest BCUT2D eigenvalue weighted by atomic mass is 9.90. The van der Waals surface area contributed by atoms with Crippen LogP contribution in [-0.2, 0) is 21.6 Å². The zero-order valence-electron chi connectivity index (χ0n) is 21.3. The molecule has 1 fully saturated rings. The average Bonchev–Trinajstić information content (AvgIpc) is 3.65. The number of carbonyl (C=O) groups is 3. The largest absolute Gasteiger partial charge is 0.436 e. The number of aromatic nitrogens is 3.